The van der Waals surface area contributed by atoms with E-state index in [4.69, 9.17) is 9.47 Å². The molecule has 0 radical (unpaired) electrons. The molecule has 1 N–H and O–H groups in total. The molecule has 180 valence electrons. The van der Waals surface area contributed by atoms with Gasteiger partial charge in [0.2, 0.25) is 0 Å². The Morgan fingerprint density at radius 1 is 1.03 bits per heavy atom. The van der Waals surface area contributed by atoms with Crippen molar-refractivity contribution in [1.29, 1.82) is 0 Å². The zero-order valence-electron chi connectivity index (χ0n) is 19.7. The molecule has 1 heterocycles. The zero-order valence-corrected chi connectivity index (χ0v) is 19.7. The molecule has 35 heavy (non-hydrogen) atoms. The van der Waals surface area contributed by atoms with Gasteiger partial charge in [-0.2, -0.15) is 0 Å². The Balaban J connectivity index is 1.89. The molecule has 1 fully saturated rings. The fraction of sp³-hybridized carbons (Fsp3) is 0.214. The lowest BCUT2D eigenvalue weighted by Crippen LogP contribution is -2.29. The van der Waals surface area contributed by atoms with Crippen molar-refractivity contribution < 1.29 is 28.6 Å². The summed E-state index contributed by atoms with van der Waals surface area (Å²) in [6.07, 6.45) is 0. The van der Waals surface area contributed by atoms with Crippen LogP contribution in [0.1, 0.15) is 31.0 Å². The highest BCUT2D eigenvalue weighted by Crippen LogP contribution is 2.45. The van der Waals surface area contributed by atoms with Gasteiger partial charge < -0.3 is 14.6 Å². The number of hydrogen-bond acceptors (Lipinski definition) is 5. The van der Waals surface area contributed by atoms with Gasteiger partial charge in [-0.1, -0.05) is 44.2 Å². The van der Waals surface area contributed by atoms with Crippen LogP contribution in [0.15, 0.2) is 78.4 Å². The van der Waals surface area contributed by atoms with E-state index >= 15 is 0 Å². The summed E-state index contributed by atoms with van der Waals surface area (Å²) in [4.78, 5) is 27.8. The molecule has 1 unspecified atom stereocenters. The standard InChI is InChI=1S/C28H26FNO5/c1-17(2)16-35-21-8-6-7-18(15-21)26(31)24-25(22-9-4-5-10-23(22)34-3)30(28(33)27(24)32)20-13-11-19(29)12-14-20/h4-15,17,25,31H,16H2,1-3H3/b26-24-. The van der Waals surface area contributed by atoms with Crippen molar-refractivity contribution in [3.63, 3.8) is 0 Å². The van der Waals surface area contributed by atoms with E-state index in [0.717, 1.165) is 0 Å². The summed E-state index contributed by atoms with van der Waals surface area (Å²) in [6, 6.07) is 18.0. The number of Topliss-reactive ketones (excluding diaryl/α,β-unsaturated/α-hetero) is 1. The number of carbonyl (C=O) groups excluding carboxylic acids is 2. The van der Waals surface area contributed by atoms with Crippen molar-refractivity contribution in [2.45, 2.75) is 19.9 Å². The molecule has 0 saturated carbocycles. The fourth-order valence-electron chi connectivity index (χ4n) is 4.04. The molecule has 3 aromatic carbocycles. The lowest BCUT2D eigenvalue weighted by atomic mass is 9.94. The Kier molecular flexibility index (Phi) is 6.87. The molecule has 1 aliphatic rings. The Hall–Kier alpha value is -4.13. The first-order chi connectivity index (χ1) is 16.8. The predicted molar refractivity (Wildman–Crippen MR) is 131 cm³/mol. The van der Waals surface area contributed by atoms with E-state index in [9.17, 15) is 19.1 Å². The highest BCUT2D eigenvalue weighted by Gasteiger charge is 2.47. The van der Waals surface area contributed by atoms with Crippen molar-refractivity contribution in [3.8, 4) is 11.5 Å². The van der Waals surface area contributed by atoms with Gasteiger partial charge in [0.1, 0.15) is 23.1 Å². The van der Waals surface area contributed by atoms with Crippen molar-refractivity contribution in [1.82, 2.24) is 0 Å². The van der Waals surface area contributed by atoms with Crippen LogP contribution < -0.4 is 14.4 Å². The first-order valence-electron chi connectivity index (χ1n) is 11.2. The number of ketones is 1. The van der Waals surface area contributed by atoms with Crippen LogP contribution in [0.2, 0.25) is 0 Å². The molecule has 4 rings (SSSR count). The number of hydrogen-bond donors (Lipinski definition) is 1. The number of ether oxygens (including phenoxy) is 2. The van der Waals surface area contributed by atoms with Crippen LogP contribution in [0.4, 0.5) is 10.1 Å². The van der Waals surface area contributed by atoms with Crippen LogP contribution in [-0.4, -0.2) is 30.5 Å². The van der Waals surface area contributed by atoms with Crippen molar-refractivity contribution in [2.24, 2.45) is 5.92 Å². The third kappa shape index (κ3) is 4.75. The highest BCUT2D eigenvalue weighted by atomic mass is 19.1. The number of carbonyl (C=O) groups is 2. The summed E-state index contributed by atoms with van der Waals surface area (Å²) in [5, 5.41) is 11.3. The number of anilines is 1. The van der Waals surface area contributed by atoms with E-state index in [1.807, 2.05) is 13.8 Å². The lowest BCUT2D eigenvalue weighted by molar-refractivity contribution is -0.132. The summed E-state index contributed by atoms with van der Waals surface area (Å²) in [7, 11) is 1.48. The molecule has 3 aromatic rings. The molecule has 1 aliphatic heterocycles. The fourth-order valence-corrected chi connectivity index (χ4v) is 4.04. The second-order valence-electron chi connectivity index (χ2n) is 8.62. The van der Waals surface area contributed by atoms with Gasteiger partial charge in [-0.3, -0.25) is 14.5 Å². The maximum Gasteiger partial charge on any atom is 0.300 e. The molecular weight excluding hydrogens is 449 g/mol. The average molecular weight is 476 g/mol. The first kappa shape index (κ1) is 24.0. The molecule has 0 bridgehead atoms. The monoisotopic (exact) mass is 475 g/mol. The van der Waals surface area contributed by atoms with E-state index in [2.05, 4.69) is 0 Å². The largest absolute Gasteiger partial charge is 0.507 e. The van der Waals surface area contributed by atoms with Crippen LogP contribution in [0.5, 0.6) is 11.5 Å². The minimum Gasteiger partial charge on any atom is -0.507 e. The van der Waals surface area contributed by atoms with Gasteiger partial charge in [0.05, 0.1) is 25.3 Å². The molecule has 6 nitrogen and oxygen atoms in total. The number of para-hydroxylation sites is 1. The lowest BCUT2D eigenvalue weighted by Gasteiger charge is -2.26. The second kappa shape index (κ2) is 10.0. The molecule has 7 heteroatoms. The highest BCUT2D eigenvalue weighted by molar-refractivity contribution is 6.51. The number of halogens is 1. The van der Waals surface area contributed by atoms with E-state index in [1.54, 1.807) is 48.5 Å². The van der Waals surface area contributed by atoms with Gasteiger partial charge >= 0.3 is 0 Å². The van der Waals surface area contributed by atoms with Gasteiger partial charge in [0, 0.05) is 16.8 Å². The summed E-state index contributed by atoms with van der Waals surface area (Å²) in [6.45, 7) is 4.53. The number of amides is 1. The van der Waals surface area contributed by atoms with Gasteiger partial charge in [0.25, 0.3) is 11.7 Å². The van der Waals surface area contributed by atoms with Gasteiger partial charge in [-0.05, 0) is 48.4 Å². The normalized spacial score (nSPS) is 17.2. The third-order valence-electron chi connectivity index (χ3n) is 5.67. The number of nitrogens with zero attached hydrogens (tertiary/aromatic N) is 1. The number of rotatable bonds is 7. The van der Waals surface area contributed by atoms with E-state index < -0.39 is 23.5 Å². The number of aliphatic hydroxyl groups is 1. The Labute approximate surface area is 203 Å². The van der Waals surface area contributed by atoms with Gasteiger partial charge in [0.15, 0.2) is 0 Å². The second-order valence-corrected chi connectivity index (χ2v) is 8.62. The van der Waals surface area contributed by atoms with Crippen molar-refractivity contribution >= 4 is 23.1 Å². The van der Waals surface area contributed by atoms with Crippen molar-refractivity contribution in [3.05, 3.63) is 95.3 Å². The number of aliphatic hydroxyl groups excluding tert-OH is 1. The predicted octanol–water partition coefficient (Wildman–Crippen LogP) is 5.50. The topological polar surface area (TPSA) is 76.1 Å². The Morgan fingerprint density at radius 2 is 1.74 bits per heavy atom. The minimum atomic E-state index is -0.989. The van der Waals surface area contributed by atoms with E-state index in [0.29, 0.717) is 40.8 Å². The zero-order chi connectivity index (χ0) is 25.1. The molecule has 1 atom stereocenters. The van der Waals surface area contributed by atoms with Crippen LogP contribution >= 0.6 is 0 Å². The molecule has 0 spiro atoms. The maximum absolute atomic E-state index is 13.6. The Morgan fingerprint density at radius 3 is 2.43 bits per heavy atom. The van der Waals surface area contributed by atoms with Gasteiger partial charge in [-0.15, -0.1) is 0 Å². The summed E-state index contributed by atoms with van der Waals surface area (Å²) in [5.74, 6) is -1.22. The minimum absolute atomic E-state index is 0.0927. The molecule has 1 amide bonds. The third-order valence-corrected chi connectivity index (χ3v) is 5.67. The van der Waals surface area contributed by atoms with Crippen LogP contribution in [0.25, 0.3) is 5.76 Å². The molecule has 0 aromatic heterocycles. The van der Waals surface area contributed by atoms with E-state index in [1.165, 1.54) is 36.3 Å². The number of methoxy groups -OCH3 is 1. The maximum atomic E-state index is 13.6. The van der Waals surface area contributed by atoms with Crippen molar-refractivity contribution in [2.75, 3.05) is 18.6 Å². The van der Waals surface area contributed by atoms with Crippen LogP contribution in [0.3, 0.4) is 0 Å². The molecule has 0 aliphatic carbocycles. The van der Waals surface area contributed by atoms with Gasteiger partial charge in [-0.25, -0.2) is 4.39 Å². The summed E-state index contributed by atoms with van der Waals surface area (Å²) < 4.78 is 24.9. The molecule has 1 saturated heterocycles. The quantitative estimate of drug-likeness (QED) is 0.278. The SMILES string of the molecule is COc1ccccc1C1/C(=C(/O)c2cccc(OCC(C)C)c2)C(=O)C(=O)N1c1ccc(F)cc1. The summed E-state index contributed by atoms with van der Waals surface area (Å²) >= 11 is 0. The first-order valence-corrected chi connectivity index (χ1v) is 11.2. The number of benzene rings is 3. The summed E-state index contributed by atoms with van der Waals surface area (Å²) in [5.41, 5.74) is 1.07. The average Bonchev–Trinajstić information content (AvgIpc) is 3.13. The smallest absolute Gasteiger partial charge is 0.300 e. The molecular formula is C28H26FNO5. The van der Waals surface area contributed by atoms with Crippen LogP contribution in [0, 0.1) is 11.7 Å². The Bertz CT molecular complexity index is 1280. The van der Waals surface area contributed by atoms with E-state index in [-0.39, 0.29) is 11.3 Å². The van der Waals surface area contributed by atoms with Crippen LogP contribution in [-0.2, 0) is 9.59 Å².